The zero-order chi connectivity index (χ0) is 15.2. The number of benzene rings is 1. The van der Waals surface area contributed by atoms with E-state index in [2.05, 4.69) is 5.32 Å². The lowest BCUT2D eigenvalue weighted by Gasteiger charge is -2.19. The second kappa shape index (κ2) is 7.55. The summed E-state index contributed by atoms with van der Waals surface area (Å²) in [6, 6.07) is 6.34. The Morgan fingerprint density at radius 2 is 2.14 bits per heavy atom. The Kier molecular flexibility index (Phi) is 5.74. The molecule has 1 aliphatic rings. The lowest BCUT2D eigenvalue weighted by molar-refractivity contribution is -0.122. The largest absolute Gasteiger partial charge is 0.391 e. The summed E-state index contributed by atoms with van der Waals surface area (Å²) in [5.41, 5.74) is 0.821. The first-order valence-electron chi connectivity index (χ1n) is 7.76. The Morgan fingerprint density at radius 3 is 2.81 bits per heavy atom. The highest BCUT2D eigenvalue weighted by atomic mass is 19.1. The number of amides is 1. The predicted octanol–water partition coefficient (Wildman–Crippen LogP) is 2.99. The number of carbonyl (C=O) groups excluding carboxylic acids is 1. The van der Waals surface area contributed by atoms with Gasteiger partial charge in [0, 0.05) is 13.0 Å². The smallest absolute Gasteiger partial charge is 0.220 e. The van der Waals surface area contributed by atoms with Crippen LogP contribution < -0.4 is 5.32 Å². The van der Waals surface area contributed by atoms with Crippen molar-refractivity contribution in [3.05, 3.63) is 35.6 Å². The van der Waals surface area contributed by atoms with Crippen molar-refractivity contribution in [2.45, 2.75) is 51.0 Å². The molecule has 1 aliphatic carbocycles. The number of aliphatic hydroxyl groups excluding tert-OH is 1. The normalized spacial score (nSPS) is 18.4. The fraction of sp³-hybridized carbons (Fsp3) is 0.588. The van der Waals surface area contributed by atoms with Crippen molar-refractivity contribution in [2.75, 3.05) is 6.54 Å². The van der Waals surface area contributed by atoms with E-state index < -0.39 is 6.10 Å². The summed E-state index contributed by atoms with van der Waals surface area (Å²) in [5, 5.41) is 12.8. The molecular formula is C17H24FNO2. The van der Waals surface area contributed by atoms with Crippen LogP contribution in [0.25, 0.3) is 0 Å². The fourth-order valence-electron chi connectivity index (χ4n) is 3.01. The molecule has 1 aromatic carbocycles. The molecule has 0 heterocycles. The van der Waals surface area contributed by atoms with Gasteiger partial charge in [-0.3, -0.25) is 4.79 Å². The van der Waals surface area contributed by atoms with E-state index in [1.54, 1.807) is 6.07 Å². The highest BCUT2D eigenvalue weighted by Gasteiger charge is 2.23. The quantitative estimate of drug-likeness (QED) is 0.847. The zero-order valence-corrected chi connectivity index (χ0v) is 12.5. The summed E-state index contributed by atoms with van der Waals surface area (Å²) in [6.45, 7) is 2.22. The number of aliphatic hydroxyl groups is 1. The van der Waals surface area contributed by atoms with Gasteiger partial charge < -0.3 is 10.4 Å². The lowest BCUT2D eigenvalue weighted by atomic mass is 9.97. The molecular weight excluding hydrogens is 269 g/mol. The minimum atomic E-state index is -0.444. The van der Waals surface area contributed by atoms with Crippen molar-refractivity contribution in [1.29, 1.82) is 0 Å². The van der Waals surface area contributed by atoms with Crippen LogP contribution in [0.2, 0.25) is 0 Å². The molecule has 2 N–H and O–H groups in total. The molecule has 116 valence electrons. The second-order valence-corrected chi connectivity index (χ2v) is 6.08. The van der Waals surface area contributed by atoms with Crippen LogP contribution in [0, 0.1) is 11.7 Å². The van der Waals surface area contributed by atoms with Gasteiger partial charge >= 0.3 is 0 Å². The molecule has 0 saturated heterocycles. The van der Waals surface area contributed by atoms with Gasteiger partial charge in [-0.15, -0.1) is 0 Å². The average Bonchev–Trinajstić information content (AvgIpc) is 2.99. The summed E-state index contributed by atoms with van der Waals surface area (Å²) in [7, 11) is 0. The van der Waals surface area contributed by atoms with Crippen molar-refractivity contribution in [3.63, 3.8) is 0 Å². The Labute approximate surface area is 125 Å². The number of hydrogen-bond acceptors (Lipinski definition) is 2. The summed E-state index contributed by atoms with van der Waals surface area (Å²) >= 11 is 0. The molecule has 0 radical (unpaired) electrons. The standard InChI is InChI=1S/C17H24FNO2/c1-12(14-7-4-8-15(18)10-14)9-17(21)19-11-16(20)13-5-2-3-6-13/h4,7-8,10,12-13,16,20H,2-3,5-6,9,11H2,1H3,(H,19,21). The molecule has 1 fully saturated rings. The van der Waals surface area contributed by atoms with Crippen LogP contribution in [0.1, 0.15) is 50.5 Å². The van der Waals surface area contributed by atoms with Gasteiger partial charge in [0.1, 0.15) is 5.82 Å². The van der Waals surface area contributed by atoms with Crippen LogP contribution in [0.4, 0.5) is 4.39 Å². The minimum Gasteiger partial charge on any atom is -0.391 e. The minimum absolute atomic E-state index is 0.0377. The van der Waals surface area contributed by atoms with Crippen molar-refractivity contribution in [3.8, 4) is 0 Å². The number of carbonyl (C=O) groups is 1. The van der Waals surface area contributed by atoms with E-state index in [4.69, 9.17) is 0 Å². The first kappa shape index (κ1) is 16.0. The second-order valence-electron chi connectivity index (χ2n) is 6.08. The molecule has 1 amide bonds. The molecule has 21 heavy (non-hydrogen) atoms. The van der Waals surface area contributed by atoms with Crippen molar-refractivity contribution >= 4 is 5.91 Å². The maximum absolute atomic E-state index is 13.2. The molecule has 1 aromatic rings. The van der Waals surface area contributed by atoms with Crippen LogP contribution in [0.5, 0.6) is 0 Å². The number of hydrogen-bond donors (Lipinski definition) is 2. The Balaban J connectivity index is 1.76. The van der Waals surface area contributed by atoms with Crippen molar-refractivity contribution in [1.82, 2.24) is 5.32 Å². The molecule has 0 bridgehead atoms. The molecule has 2 atom stereocenters. The van der Waals surface area contributed by atoms with E-state index in [-0.39, 0.29) is 17.6 Å². The maximum Gasteiger partial charge on any atom is 0.220 e. The van der Waals surface area contributed by atoms with Crippen LogP contribution in [0.15, 0.2) is 24.3 Å². The van der Waals surface area contributed by atoms with Gasteiger partial charge in [-0.05, 0) is 42.4 Å². The summed E-state index contributed by atoms with van der Waals surface area (Å²) < 4.78 is 13.2. The van der Waals surface area contributed by atoms with Gasteiger partial charge in [0.25, 0.3) is 0 Å². The van der Waals surface area contributed by atoms with Gasteiger partial charge in [-0.1, -0.05) is 31.9 Å². The van der Waals surface area contributed by atoms with Crippen molar-refractivity contribution < 1.29 is 14.3 Å². The molecule has 4 heteroatoms. The van der Waals surface area contributed by atoms with E-state index in [0.717, 1.165) is 18.4 Å². The van der Waals surface area contributed by atoms with Gasteiger partial charge in [0.05, 0.1) is 6.10 Å². The number of halogens is 1. The zero-order valence-electron chi connectivity index (χ0n) is 12.5. The molecule has 2 unspecified atom stereocenters. The van der Waals surface area contributed by atoms with Crippen molar-refractivity contribution in [2.24, 2.45) is 5.92 Å². The van der Waals surface area contributed by atoms with Gasteiger partial charge in [0.15, 0.2) is 0 Å². The molecule has 2 rings (SSSR count). The van der Waals surface area contributed by atoms with E-state index in [9.17, 15) is 14.3 Å². The van der Waals surface area contributed by atoms with Crippen LogP contribution in [-0.4, -0.2) is 23.7 Å². The third-order valence-electron chi connectivity index (χ3n) is 4.36. The topological polar surface area (TPSA) is 49.3 Å². The highest BCUT2D eigenvalue weighted by molar-refractivity contribution is 5.76. The monoisotopic (exact) mass is 293 g/mol. The van der Waals surface area contributed by atoms with E-state index in [1.165, 1.54) is 25.0 Å². The van der Waals surface area contributed by atoms with Gasteiger partial charge in [-0.25, -0.2) is 4.39 Å². The van der Waals surface area contributed by atoms with E-state index in [0.29, 0.717) is 18.9 Å². The predicted molar refractivity (Wildman–Crippen MR) is 80.4 cm³/mol. The van der Waals surface area contributed by atoms with E-state index in [1.807, 2.05) is 13.0 Å². The molecule has 0 aromatic heterocycles. The Hall–Kier alpha value is -1.42. The fourth-order valence-corrected chi connectivity index (χ4v) is 3.01. The Bertz CT molecular complexity index is 472. The van der Waals surface area contributed by atoms with Crippen LogP contribution in [0.3, 0.4) is 0 Å². The molecule has 3 nitrogen and oxygen atoms in total. The third kappa shape index (κ3) is 4.81. The summed E-state index contributed by atoms with van der Waals surface area (Å²) in [5.74, 6) is -0.0875. The molecule has 0 spiro atoms. The van der Waals surface area contributed by atoms with Crippen LogP contribution >= 0.6 is 0 Å². The highest BCUT2D eigenvalue weighted by Crippen LogP contribution is 2.27. The van der Waals surface area contributed by atoms with Gasteiger partial charge in [0.2, 0.25) is 5.91 Å². The SMILES string of the molecule is CC(CC(=O)NCC(O)C1CCCC1)c1cccc(F)c1. The van der Waals surface area contributed by atoms with Crippen LogP contribution in [-0.2, 0) is 4.79 Å². The molecule has 0 aliphatic heterocycles. The van der Waals surface area contributed by atoms with Gasteiger partial charge in [-0.2, -0.15) is 0 Å². The average molecular weight is 293 g/mol. The maximum atomic E-state index is 13.2. The number of nitrogens with one attached hydrogen (secondary N) is 1. The first-order chi connectivity index (χ1) is 10.1. The first-order valence-corrected chi connectivity index (χ1v) is 7.76. The third-order valence-corrected chi connectivity index (χ3v) is 4.36. The lowest BCUT2D eigenvalue weighted by Crippen LogP contribution is -2.36. The number of rotatable bonds is 6. The summed E-state index contributed by atoms with van der Waals surface area (Å²) in [4.78, 5) is 11.9. The Morgan fingerprint density at radius 1 is 1.43 bits per heavy atom. The molecule has 1 saturated carbocycles. The van der Waals surface area contributed by atoms with E-state index >= 15 is 0 Å². The summed E-state index contributed by atoms with van der Waals surface area (Å²) in [6.07, 6.45) is 4.31.